The lowest BCUT2D eigenvalue weighted by atomic mass is 9.97. The van der Waals surface area contributed by atoms with Gasteiger partial charge in [0.05, 0.1) is 7.11 Å². The molecule has 25 heavy (non-hydrogen) atoms. The largest absolute Gasteiger partial charge is 0.497 e. The van der Waals surface area contributed by atoms with Crippen LogP contribution in [0.3, 0.4) is 0 Å². The quantitative estimate of drug-likeness (QED) is 0.765. The average Bonchev–Trinajstić information content (AvgIpc) is 2.60. The number of amides is 1. The second-order valence-corrected chi connectivity index (χ2v) is 6.02. The molecule has 0 aliphatic carbocycles. The lowest BCUT2D eigenvalue weighted by molar-refractivity contribution is -0.137. The topological polar surface area (TPSA) is 75.6 Å². The molecule has 5 nitrogen and oxygen atoms in total. The first-order chi connectivity index (χ1) is 12.0. The Balaban J connectivity index is 1.95. The molecule has 0 bridgehead atoms. The molecule has 0 saturated carbocycles. The Morgan fingerprint density at radius 2 is 1.92 bits per heavy atom. The third-order valence-corrected chi connectivity index (χ3v) is 3.99. The van der Waals surface area contributed by atoms with Crippen molar-refractivity contribution >= 4 is 17.6 Å². The summed E-state index contributed by atoms with van der Waals surface area (Å²) in [5.41, 5.74) is 2.62. The number of anilines is 1. The molecular weight excluding hydrogens is 318 g/mol. The standard InChI is InChI=1S/C20H23NO4/c1-14(16-6-4-8-18(13-16)25-2)11-19(22)21-17-7-3-5-15(12-17)9-10-20(23)24/h3-8,12-14H,9-11H2,1-2H3,(H,21,22)(H,23,24). The van der Waals surface area contributed by atoms with Gasteiger partial charge in [0.1, 0.15) is 5.75 Å². The summed E-state index contributed by atoms with van der Waals surface area (Å²) in [6.07, 6.45) is 0.871. The minimum atomic E-state index is -0.832. The number of benzene rings is 2. The van der Waals surface area contributed by atoms with Gasteiger partial charge in [-0.2, -0.15) is 0 Å². The number of carboxylic acid groups (broad SMARTS) is 1. The molecule has 0 fully saturated rings. The minimum Gasteiger partial charge on any atom is -0.497 e. The second-order valence-electron chi connectivity index (χ2n) is 6.02. The minimum absolute atomic E-state index is 0.0605. The first kappa shape index (κ1) is 18.5. The molecule has 0 saturated heterocycles. The van der Waals surface area contributed by atoms with Crippen LogP contribution >= 0.6 is 0 Å². The van der Waals surface area contributed by atoms with Crippen LogP contribution in [0.1, 0.15) is 36.8 Å². The number of carbonyl (C=O) groups is 2. The van der Waals surface area contributed by atoms with Gasteiger partial charge in [0.15, 0.2) is 0 Å². The Labute approximate surface area is 147 Å². The van der Waals surface area contributed by atoms with Gasteiger partial charge in [-0.3, -0.25) is 9.59 Å². The number of ether oxygens (including phenoxy) is 1. The monoisotopic (exact) mass is 341 g/mol. The van der Waals surface area contributed by atoms with E-state index < -0.39 is 5.97 Å². The lowest BCUT2D eigenvalue weighted by Gasteiger charge is -2.13. The number of carboxylic acids is 1. The predicted octanol–water partition coefficient (Wildman–Crippen LogP) is 3.84. The van der Waals surface area contributed by atoms with Crippen LogP contribution in [0, 0.1) is 0 Å². The molecule has 0 radical (unpaired) electrons. The molecule has 2 aromatic rings. The maximum Gasteiger partial charge on any atom is 0.303 e. The Morgan fingerprint density at radius 1 is 1.16 bits per heavy atom. The number of hydrogen-bond donors (Lipinski definition) is 2. The van der Waals surface area contributed by atoms with E-state index in [2.05, 4.69) is 5.32 Å². The lowest BCUT2D eigenvalue weighted by Crippen LogP contribution is -2.14. The van der Waals surface area contributed by atoms with Crippen LogP contribution in [0.2, 0.25) is 0 Å². The van der Waals surface area contributed by atoms with Gasteiger partial charge in [-0.05, 0) is 47.7 Å². The number of carbonyl (C=O) groups excluding carboxylic acids is 1. The van der Waals surface area contributed by atoms with Gasteiger partial charge >= 0.3 is 5.97 Å². The molecule has 132 valence electrons. The first-order valence-corrected chi connectivity index (χ1v) is 8.22. The smallest absolute Gasteiger partial charge is 0.303 e. The molecule has 5 heteroatoms. The van der Waals surface area contributed by atoms with Crippen molar-refractivity contribution < 1.29 is 19.4 Å². The summed E-state index contributed by atoms with van der Waals surface area (Å²) < 4.78 is 5.22. The van der Waals surface area contributed by atoms with Crippen molar-refractivity contribution in [2.45, 2.75) is 32.1 Å². The van der Waals surface area contributed by atoms with E-state index in [1.165, 1.54) is 0 Å². The Morgan fingerprint density at radius 3 is 2.64 bits per heavy atom. The molecule has 0 heterocycles. The Bertz CT molecular complexity index is 742. The van der Waals surface area contributed by atoms with E-state index in [-0.39, 0.29) is 18.2 Å². The summed E-state index contributed by atoms with van der Waals surface area (Å²) in [5, 5.41) is 11.6. The fourth-order valence-corrected chi connectivity index (χ4v) is 2.61. The van der Waals surface area contributed by atoms with Gasteiger partial charge in [-0.25, -0.2) is 0 Å². The highest BCUT2D eigenvalue weighted by atomic mass is 16.5. The fourth-order valence-electron chi connectivity index (χ4n) is 2.61. The molecule has 0 spiro atoms. The molecule has 2 rings (SSSR count). The number of hydrogen-bond acceptors (Lipinski definition) is 3. The third-order valence-electron chi connectivity index (χ3n) is 3.99. The highest BCUT2D eigenvalue weighted by Crippen LogP contribution is 2.24. The van der Waals surface area contributed by atoms with Gasteiger partial charge in [0.25, 0.3) is 0 Å². The van der Waals surface area contributed by atoms with E-state index >= 15 is 0 Å². The molecule has 2 N–H and O–H groups in total. The first-order valence-electron chi connectivity index (χ1n) is 8.22. The molecule has 0 aliphatic heterocycles. The van der Waals surface area contributed by atoms with Crippen LogP contribution in [-0.4, -0.2) is 24.1 Å². The molecular formula is C20H23NO4. The van der Waals surface area contributed by atoms with E-state index in [1.807, 2.05) is 49.4 Å². The molecule has 1 amide bonds. The Hall–Kier alpha value is -2.82. The summed E-state index contributed by atoms with van der Waals surface area (Å²) in [6, 6.07) is 15.0. The van der Waals surface area contributed by atoms with Crippen molar-refractivity contribution in [3.8, 4) is 5.75 Å². The summed E-state index contributed by atoms with van der Waals surface area (Å²) >= 11 is 0. The van der Waals surface area contributed by atoms with E-state index in [4.69, 9.17) is 9.84 Å². The highest BCUT2D eigenvalue weighted by Gasteiger charge is 2.12. The second kappa shape index (κ2) is 8.87. The predicted molar refractivity (Wildman–Crippen MR) is 97.1 cm³/mol. The van der Waals surface area contributed by atoms with Crippen LogP contribution in [0.15, 0.2) is 48.5 Å². The van der Waals surface area contributed by atoms with Crippen molar-refractivity contribution in [1.29, 1.82) is 0 Å². The maximum atomic E-state index is 12.3. The zero-order valence-corrected chi connectivity index (χ0v) is 14.5. The number of aliphatic carboxylic acids is 1. The SMILES string of the molecule is COc1cccc(C(C)CC(=O)Nc2cccc(CCC(=O)O)c2)c1. The van der Waals surface area contributed by atoms with Crippen molar-refractivity contribution in [2.75, 3.05) is 12.4 Å². The summed E-state index contributed by atoms with van der Waals surface area (Å²) in [4.78, 5) is 22.9. The van der Waals surface area contributed by atoms with E-state index in [0.717, 1.165) is 16.9 Å². The average molecular weight is 341 g/mol. The van der Waals surface area contributed by atoms with E-state index in [0.29, 0.717) is 18.5 Å². The summed E-state index contributed by atoms with van der Waals surface area (Å²) in [5.74, 6) is -0.0755. The molecule has 0 aliphatic rings. The van der Waals surface area contributed by atoms with Crippen LogP contribution in [-0.2, 0) is 16.0 Å². The number of aryl methyl sites for hydroxylation is 1. The van der Waals surface area contributed by atoms with Gasteiger partial charge in [-0.1, -0.05) is 31.2 Å². The number of methoxy groups -OCH3 is 1. The van der Waals surface area contributed by atoms with Crippen molar-refractivity contribution in [3.05, 3.63) is 59.7 Å². The van der Waals surface area contributed by atoms with Crippen molar-refractivity contribution in [2.24, 2.45) is 0 Å². The number of nitrogens with one attached hydrogen (secondary N) is 1. The summed E-state index contributed by atoms with van der Waals surface area (Å²) in [7, 11) is 1.62. The van der Waals surface area contributed by atoms with Gasteiger partial charge < -0.3 is 15.2 Å². The van der Waals surface area contributed by atoms with E-state index in [1.54, 1.807) is 13.2 Å². The fraction of sp³-hybridized carbons (Fsp3) is 0.300. The van der Waals surface area contributed by atoms with E-state index in [9.17, 15) is 9.59 Å². The van der Waals surface area contributed by atoms with Gasteiger partial charge in [0, 0.05) is 18.5 Å². The van der Waals surface area contributed by atoms with Crippen LogP contribution in [0.5, 0.6) is 5.75 Å². The van der Waals surface area contributed by atoms with Gasteiger partial charge in [-0.15, -0.1) is 0 Å². The van der Waals surface area contributed by atoms with Crippen LogP contribution in [0.25, 0.3) is 0 Å². The number of rotatable bonds is 8. The Kier molecular flexibility index (Phi) is 6.57. The van der Waals surface area contributed by atoms with Gasteiger partial charge in [0.2, 0.25) is 5.91 Å². The summed E-state index contributed by atoms with van der Waals surface area (Å²) in [6.45, 7) is 2.00. The van der Waals surface area contributed by atoms with Crippen LogP contribution in [0.4, 0.5) is 5.69 Å². The van der Waals surface area contributed by atoms with Crippen LogP contribution < -0.4 is 10.1 Å². The molecule has 1 unspecified atom stereocenters. The molecule has 0 aromatic heterocycles. The zero-order chi connectivity index (χ0) is 18.2. The maximum absolute atomic E-state index is 12.3. The van der Waals surface area contributed by atoms with Crippen molar-refractivity contribution in [3.63, 3.8) is 0 Å². The zero-order valence-electron chi connectivity index (χ0n) is 14.5. The normalized spacial score (nSPS) is 11.6. The molecule has 2 aromatic carbocycles. The van der Waals surface area contributed by atoms with Crippen molar-refractivity contribution in [1.82, 2.24) is 0 Å². The molecule has 1 atom stereocenters. The highest BCUT2D eigenvalue weighted by molar-refractivity contribution is 5.91. The third kappa shape index (κ3) is 5.95.